The van der Waals surface area contributed by atoms with E-state index in [4.69, 9.17) is 5.11 Å². The number of aliphatic carboxylic acids is 1. The van der Waals surface area contributed by atoms with Gasteiger partial charge in [-0.3, -0.25) is 0 Å². The average molecular weight is 304 g/mol. The van der Waals surface area contributed by atoms with Crippen LogP contribution in [0.4, 0.5) is 0 Å². The van der Waals surface area contributed by atoms with Crippen LogP contribution in [0.25, 0.3) is 0 Å². The fourth-order valence-electron chi connectivity index (χ4n) is 5.46. The molecule has 2 rings (SSSR count). The Morgan fingerprint density at radius 2 is 2.05 bits per heavy atom. The monoisotopic (exact) mass is 304 g/mol. The number of rotatable bonds is 4. The molecule has 0 unspecified atom stereocenters. The van der Waals surface area contributed by atoms with E-state index in [1.807, 2.05) is 6.92 Å². The van der Waals surface area contributed by atoms with Gasteiger partial charge in [-0.05, 0) is 68.1 Å². The first kappa shape index (κ1) is 17.3. The summed E-state index contributed by atoms with van der Waals surface area (Å²) in [5.74, 6) is 0.485. The molecule has 0 saturated heterocycles. The first-order valence-electron chi connectivity index (χ1n) is 8.74. The molecule has 2 fully saturated rings. The molecule has 0 heterocycles. The van der Waals surface area contributed by atoms with Crippen molar-refractivity contribution >= 4 is 5.97 Å². The molecule has 22 heavy (non-hydrogen) atoms. The maximum atomic E-state index is 10.8. The summed E-state index contributed by atoms with van der Waals surface area (Å²) in [6.07, 6.45) is 9.66. The molecule has 1 N–H and O–H groups in total. The zero-order valence-electron chi connectivity index (χ0n) is 14.7. The maximum absolute atomic E-state index is 10.8. The van der Waals surface area contributed by atoms with Crippen LogP contribution < -0.4 is 0 Å². The molecule has 0 aromatic carbocycles. The molecule has 0 amide bonds. The summed E-state index contributed by atoms with van der Waals surface area (Å²) in [5.41, 5.74) is 3.15. The largest absolute Gasteiger partial charge is 0.478 e. The summed E-state index contributed by atoms with van der Waals surface area (Å²) >= 11 is 0. The third kappa shape index (κ3) is 3.31. The van der Waals surface area contributed by atoms with Crippen molar-refractivity contribution in [2.24, 2.45) is 22.7 Å². The van der Waals surface area contributed by atoms with Gasteiger partial charge < -0.3 is 5.11 Å². The molecule has 0 bridgehead atoms. The Kier molecular flexibility index (Phi) is 4.89. The van der Waals surface area contributed by atoms with Gasteiger partial charge in [0.25, 0.3) is 0 Å². The first-order valence-corrected chi connectivity index (χ1v) is 8.74. The van der Waals surface area contributed by atoms with E-state index in [1.165, 1.54) is 37.3 Å². The van der Waals surface area contributed by atoms with Crippen molar-refractivity contribution in [2.45, 2.75) is 72.6 Å². The number of allylic oxidation sites excluding steroid dienone is 2. The second-order valence-electron chi connectivity index (χ2n) is 8.52. The minimum Gasteiger partial charge on any atom is -0.478 e. The summed E-state index contributed by atoms with van der Waals surface area (Å²) < 4.78 is 0. The Morgan fingerprint density at radius 1 is 1.36 bits per heavy atom. The van der Waals surface area contributed by atoms with Crippen molar-refractivity contribution in [1.82, 2.24) is 0 Å². The van der Waals surface area contributed by atoms with Crippen molar-refractivity contribution in [2.75, 3.05) is 0 Å². The van der Waals surface area contributed by atoms with Gasteiger partial charge in [-0.25, -0.2) is 4.79 Å². The van der Waals surface area contributed by atoms with Gasteiger partial charge in [0.05, 0.1) is 0 Å². The van der Waals surface area contributed by atoms with Gasteiger partial charge in [-0.15, -0.1) is 0 Å². The number of hydrogen-bond donors (Lipinski definition) is 1. The van der Waals surface area contributed by atoms with Crippen LogP contribution in [0.15, 0.2) is 23.8 Å². The standard InChI is InChI=1S/C20H32O2/c1-14(13-18(21)22)7-9-16-15(2)8-10-17-19(3,4)11-6-12-20(16,17)5/h13,16-17H,2,6-12H2,1,3-5H3,(H,21,22)/t16-,17-,20+/m0/s1. The Bertz CT molecular complexity index is 486. The minimum absolute atomic E-state index is 0.348. The lowest BCUT2D eigenvalue weighted by atomic mass is 9.47. The van der Waals surface area contributed by atoms with E-state index in [0.717, 1.165) is 30.8 Å². The number of carboxylic acid groups (broad SMARTS) is 1. The van der Waals surface area contributed by atoms with Gasteiger partial charge in [0, 0.05) is 6.08 Å². The molecule has 2 heteroatoms. The number of hydrogen-bond acceptors (Lipinski definition) is 1. The van der Waals surface area contributed by atoms with Gasteiger partial charge in [0.2, 0.25) is 0 Å². The van der Waals surface area contributed by atoms with Crippen molar-refractivity contribution in [1.29, 1.82) is 0 Å². The van der Waals surface area contributed by atoms with Crippen LogP contribution in [-0.2, 0) is 4.79 Å². The molecule has 2 nitrogen and oxygen atoms in total. The normalized spacial score (nSPS) is 35.1. The second kappa shape index (κ2) is 6.22. The molecule has 0 aromatic heterocycles. The van der Waals surface area contributed by atoms with Crippen LogP contribution in [-0.4, -0.2) is 11.1 Å². The highest BCUT2D eigenvalue weighted by Gasteiger charge is 2.52. The van der Waals surface area contributed by atoms with E-state index in [2.05, 4.69) is 27.4 Å². The van der Waals surface area contributed by atoms with E-state index in [0.29, 0.717) is 16.7 Å². The van der Waals surface area contributed by atoms with E-state index in [-0.39, 0.29) is 0 Å². The minimum atomic E-state index is -0.831. The van der Waals surface area contributed by atoms with Crippen molar-refractivity contribution < 1.29 is 9.90 Å². The predicted octanol–water partition coefficient (Wildman–Crippen LogP) is 5.60. The molecule has 0 spiro atoms. The van der Waals surface area contributed by atoms with Crippen LogP contribution in [0.2, 0.25) is 0 Å². The average Bonchev–Trinajstić information content (AvgIpc) is 2.35. The quantitative estimate of drug-likeness (QED) is 0.542. The summed E-state index contributed by atoms with van der Waals surface area (Å²) in [7, 11) is 0. The van der Waals surface area contributed by atoms with Gasteiger partial charge in [0.1, 0.15) is 0 Å². The predicted molar refractivity (Wildman–Crippen MR) is 91.7 cm³/mol. The maximum Gasteiger partial charge on any atom is 0.328 e. The Morgan fingerprint density at radius 3 is 2.68 bits per heavy atom. The van der Waals surface area contributed by atoms with Crippen LogP contribution in [0.1, 0.15) is 72.6 Å². The number of fused-ring (bicyclic) bond motifs is 1. The van der Waals surface area contributed by atoms with Crippen LogP contribution >= 0.6 is 0 Å². The Hall–Kier alpha value is -1.05. The molecule has 0 aliphatic heterocycles. The van der Waals surface area contributed by atoms with E-state index < -0.39 is 5.97 Å². The lowest BCUT2D eigenvalue weighted by Crippen LogP contribution is -2.49. The zero-order valence-corrected chi connectivity index (χ0v) is 14.7. The fourth-order valence-corrected chi connectivity index (χ4v) is 5.46. The summed E-state index contributed by atoms with van der Waals surface area (Å²) in [6, 6.07) is 0. The Balaban J connectivity index is 2.17. The number of carbonyl (C=O) groups is 1. The zero-order chi connectivity index (χ0) is 16.5. The Labute approximate surface area is 135 Å². The molecular weight excluding hydrogens is 272 g/mol. The second-order valence-corrected chi connectivity index (χ2v) is 8.52. The topological polar surface area (TPSA) is 37.3 Å². The lowest BCUT2D eigenvalue weighted by molar-refractivity contribution is -0.131. The molecule has 3 atom stereocenters. The SMILES string of the molecule is C=C1CC[C@H]2C(C)(C)CCC[C@]2(C)[C@H]1CCC(C)=CC(=O)O. The van der Waals surface area contributed by atoms with E-state index in [9.17, 15) is 4.79 Å². The summed E-state index contributed by atoms with van der Waals surface area (Å²) in [4.78, 5) is 10.8. The third-order valence-corrected chi connectivity index (χ3v) is 6.52. The van der Waals surface area contributed by atoms with E-state index >= 15 is 0 Å². The smallest absolute Gasteiger partial charge is 0.328 e. The molecule has 2 saturated carbocycles. The highest BCUT2D eigenvalue weighted by atomic mass is 16.4. The number of carboxylic acids is 1. The molecular formula is C20H32O2. The van der Waals surface area contributed by atoms with Gasteiger partial charge >= 0.3 is 5.97 Å². The third-order valence-electron chi connectivity index (χ3n) is 6.52. The fraction of sp³-hybridized carbons (Fsp3) is 0.750. The van der Waals surface area contributed by atoms with Gasteiger partial charge in [-0.2, -0.15) is 0 Å². The van der Waals surface area contributed by atoms with E-state index in [1.54, 1.807) is 0 Å². The van der Waals surface area contributed by atoms with Gasteiger partial charge in [-0.1, -0.05) is 44.9 Å². The molecule has 124 valence electrons. The highest BCUT2D eigenvalue weighted by Crippen LogP contribution is 2.61. The summed E-state index contributed by atoms with van der Waals surface area (Å²) in [5, 5.41) is 8.89. The first-order chi connectivity index (χ1) is 10.2. The van der Waals surface area contributed by atoms with Crippen LogP contribution in [0.5, 0.6) is 0 Å². The van der Waals surface area contributed by atoms with Crippen molar-refractivity contribution in [3.63, 3.8) is 0 Å². The summed E-state index contributed by atoms with van der Waals surface area (Å²) in [6.45, 7) is 13.7. The lowest BCUT2D eigenvalue weighted by Gasteiger charge is -2.58. The van der Waals surface area contributed by atoms with Crippen LogP contribution in [0, 0.1) is 22.7 Å². The van der Waals surface area contributed by atoms with Crippen molar-refractivity contribution in [3.05, 3.63) is 23.8 Å². The van der Waals surface area contributed by atoms with Crippen molar-refractivity contribution in [3.8, 4) is 0 Å². The highest BCUT2D eigenvalue weighted by molar-refractivity contribution is 5.80. The van der Waals surface area contributed by atoms with Crippen LogP contribution in [0.3, 0.4) is 0 Å². The molecule has 0 radical (unpaired) electrons. The molecule has 2 aliphatic carbocycles. The van der Waals surface area contributed by atoms with Gasteiger partial charge in [0.15, 0.2) is 0 Å². The molecule has 2 aliphatic rings. The molecule has 0 aromatic rings.